The molecule has 4 rings (SSSR count). The fourth-order valence-electron chi connectivity index (χ4n) is 3.61. The lowest BCUT2D eigenvalue weighted by molar-refractivity contribution is -0.199. The van der Waals surface area contributed by atoms with E-state index < -0.39 is 18.1 Å². The summed E-state index contributed by atoms with van der Waals surface area (Å²) in [5.74, 6) is -2.80. The van der Waals surface area contributed by atoms with Gasteiger partial charge < -0.3 is 10.2 Å². The van der Waals surface area contributed by atoms with Crippen molar-refractivity contribution in [3.05, 3.63) is 76.2 Å². The number of pyridine rings is 1. The van der Waals surface area contributed by atoms with Gasteiger partial charge in [-0.2, -0.15) is 17.9 Å². The Balaban J connectivity index is 1.74. The van der Waals surface area contributed by atoms with Gasteiger partial charge >= 0.3 is 12.1 Å². The van der Waals surface area contributed by atoms with Crippen molar-refractivity contribution < 1.29 is 27.6 Å². The lowest BCUT2D eigenvalue weighted by atomic mass is 10.0. The zero-order chi connectivity index (χ0) is 23.8. The van der Waals surface area contributed by atoms with Gasteiger partial charge in [0.2, 0.25) is 0 Å². The summed E-state index contributed by atoms with van der Waals surface area (Å²) in [6, 6.07) is 10.7. The van der Waals surface area contributed by atoms with E-state index in [-0.39, 0.29) is 29.9 Å². The third kappa shape index (κ3) is 4.67. The Labute approximate surface area is 187 Å². The fraction of sp³-hybridized carbons (Fsp3) is 0.208. The number of halogens is 3. The SMILES string of the molecule is Cc1ccc(C)c(C=Cc2cc(-c3cc4c(n3OC(=O)C(F)(F)F)CCNC4=O)ccn2)c1. The largest absolute Gasteiger partial charge is 0.493 e. The molecule has 0 aliphatic carbocycles. The average molecular weight is 455 g/mol. The van der Waals surface area contributed by atoms with Crippen LogP contribution in [-0.4, -0.2) is 34.3 Å². The van der Waals surface area contributed by atoms with Crippen LogP contribution in [-0.2, 0) is 11.2 Å². The molecule has 0 unspecified atom stereocenters. The minimum Gasteiger partial charge on any atom is -0.352 e. The molecule has 33 heavy (non-hydrogen) atoms. The maximum atomic E-state index is 12.9. The van der Waals surface area contributed by atoms with Crippen molar-refractivity contribution in [2.24, 2.45) is 0 Å². The number of alkyl halides is 3. The number of carbonyl (C=O) groups is 2. The molecule has 170 valence electrons. The van der Waals surface area contributed by atoms with Crippen molar-refractivity contribution in [1.29, 1.82) is 0 Å². The molecule has 6 nitrogen and oxygen atoms in total. The van der Waals surface area contributed by atoms with Crippen LogP contribution < -0.4 is 10.2 Å². The molecule has 0 atom stereocenters. The molecule has 9 heteroatoms. The Kier molecular flexibility index (Phi) is 5.80. The van der Waals surface area contributed by atoms with E-state index in [0.717, 1.165) is 21.4 Å². The smallest absolute Gasteiger partial charge is 0.352 e. The summed E-state index contributed by atoms with van der Waals surface area (Å²) < 4.78 is 39.5. The van der Waals surface area contributed by atoms with Gasteiger partial charge in [-0.25, -0.2) is 4.79 Å². The molecule has 0 saturated carbocycles. The highest BCUT2D eigenvalue weighted by atomic mass is 19.4. The first-order valence-corrected chi connectivity index (χ1v) is 10.2. The van der Waals surface area contributed by atoms with Gasteiger partial charge in [-0.05, 0) is 49.2 Å². The van der Waals surface area contributed by atoms with Crippen LogP contribution in [0.2, 0.25) is 0 Å². The van der Waals surface area contributed by atoms with Crippen molar-refractivity contribution in [1.82, 2.24) is 15.0 Å². The Morgan fingerprint density at radius 2 is 1.94 bits per heavy atom. The van der Waals surface area contributed by atoms with E-state index in [1.165, 1.54) is 12.3 Å². The molecule has 1 aliphatic heterocycles. The van der Waals surface area contributed by atoms with Crippen LogP contribution in [0.4, 0.5) is 13.2 Å². The number of rotatable bonds is 4. The van der Waals surface area contributed by atoms with Crippen LogP contribution in [0.3, 0.4) is 0 Å². The first-order chi connectivity index (χ1) is 15.6. The third-order valence-electron chi connectivity index (χ3n) is 5.30. The van der Waals surface area contributed by atoms with Crippen LogP contribution in [0.5, 0.6) is 0 Å². The zero-order valence-corrected chi connectivity index (χ0v) is 17.9. The van der Waals surface area contributed by atoms with Gasteiger partial charge in [0.25, 0.3) is 5.91 Å². The first-order valence-electron chi connectivity index (χ1n) is 10.2. The molecule has 3 heterocycles. The number of hydrogen-bond acceptors (Lipinski definition) is 4. The molecule has 1 aliphatic rings. The predicted octanol–water partition coefficient (Wildman–Crippen LogP) is 4.14. The normalized spacial score (nSPS) is 13.7. The van der Waals surface area contributed by atoms with Crippen LogP contribution >= 0.6 is 0 Å². The summed E-state index contributed by atoms with van der Waals surface area (Å²) in [7, 11) is 0. The summed E-state index contributed by atoms with van der Waals surface area (Å²) >= 11 is 0. The lowest BCUT2D eigenvalue weighted by Gasteiger charge is -2.17. The fourth-order valence-corrected chi connectivity index (χ4v) is 3.61. The van der Waals surface area contributed by atoms with Crippen molar-refractivity contribution >= 4 is 24.0 Å². The zero-order valence-electron chi connectivity index (χ0n) is 17.9. The molecule has 0 saturated heterocycles. The summed E-state index contributed by atoms with van der Waals surface area (Å²) in [6.45, 7) is 4.20. The Morgan fingerprint density at radius 1 is 1.15 bits per heavy atom. The summed E-state index contributed by atoms with van der Waals surface area (Å²) in [5.41, 5.74) is 4.71. The second-order valence-electron chi connectivity index (χ2n) is 7.73. The van der Waals surface area contributed by atoms with Gasteiger partial charge in [0.05, 0.1) is 22.6 Å². The highest BCUT2D eigenvalue weighted by Crippen LogP contribution is 2.29. The van der Waals surface area contributed by atoms with E-state index in [9.17, 15) is 22.8 Å². The van der Waals surface area contributed by atoms with Crippen molar-refractivity contribution in [2.75, 3.05) is 6.54 Å². The number of aromatic nitrogens is 2. The standard InChI is InChI=1S/C24H20F3N3O3/c1-14-3-4-15(2)16(11-14)5-6-18-12-17(7-9-28-18)21-13-19-20(8-10-29-22(19)31)30(21)33-23(32)24(25,26)27/h3-7,9,11-13H,8,10H2,1-2H3,(H,29,31). The second-order valence-corrected chi connectivity index (χ2v) is 7.73. The van der Waals surface area contributed by atoms with Gasteiger partial charge in [0.15, 0.2) is 0 Å². The summed E-state index contributed by atoms with van der Waals surface area (Å²) in [6.07, 6.45) is 0.225. The number of aryl methyl sites for hydroxylation is 2. The van der Waals surface area contributed by atoms with Gasteiger partial charge in [0, 0.05) is 24.7 Å². The minimum absolute atomic E-state index is 0.151. The van der Waals surface area contributed by atoms with Gasteiger partial charge in [0.1, 0.15) is 0 Å². The number of hydrogen-bond donors (Lipinski definition) is 1. The van der Waals surface area contributed by atoms with E-state index in [1.807, 2.05) is 38.1 Å². The molecule has 0 fully saturated rings. The Bertz CT molecular complexity index is 1280. The number of nitrogens with one attached hydrogen (secondary N) is 1. The van der Waals surface area contributed by atoms with E-state index in [1.54, 1.807) is 18.2 Å². The molecule has 3 aromatic rings. The molecule has 0 bridgehead atoms. The molecule has 1 amide bonds. The topological polar surface area (TPSA) is 73.2 Å². The number of carbonyl (C=O) groups excluding carboxylic acids is 2. The Hall–Kier alpha value is -3.88. The highest BCUT2D eigenvalue weighted by molar-refractivity contribution is 5.98. The molecule has 2 aromatic heterocycles. The highest BCUT2D eigenvalue weighted by Gasteiger charge is 2.43. The Morgan fingerprint density at radius 3 is 2.70 bits per heavy atom. The summed E-state index contributed by atoms with van der Waals surface area (Å²) in [4.78, 5) is 32.8. The third-order valence-corrected chi connectivity index (χ3v) is 5.30. The molecule has 1 N–H and O–H groups in total. The second kappa shape index (κ2) is 8.57. The van der Waals surface area contributed by atoms with Crippen LogP contribution in [0, 0.1) is 13.8 Å². The van der Waals surface area contributed by atoms with Crippen LogP contribution in [0.25, 0.3) is 23.4 Å². The predicted molar refractivity (Wildman–Crippen MR) is 116 cm³/mol. The van der Waals surface area contributed by atoms with Crippen molar-refractivity contribution in [3.63, 3.8) is 0 Å². The number of benzene rings is 1. The van der Waals surface area contributed by atoms with Crippen molar-refractivity contribution in [3.8, 4) is 11.3 Å². The number of amides is 1. The number of fused-ring (bicyclic) bond motifs is 1. The molecule has 1 aromatic carbocycles. The maximum absolute atomic E-state index is 12.9. The van der Waals surface area contributed by atoms with Gasteiger partial charge in [-0.3, -0.25) is 9.78 Å². The van der Waals surface area contributed by atoms with E-state index in [0.29, 0.717) is 11.3 Å². The molecular weight excluding hydrogens is 435 g/mol. The monoisotopic (exact) mass is 455 g/mol. The maximum Gasteiger partial charge on any atom is 0.493 e. The van der Waals surface area contributed by atoms with Gasteiger partial charge in [-0.1, -0.05) is 29.8 Å². The molecular formula is C24H20F3N3O3. The van der Waals surface area contributed by atoms with Crippen LogP contribution in [0.1, 0.15) is 38.4 Å². The van der Waals surface area contributed by atoms with Crippen molar-refractivity contribution in [2.45, 2.75) is 26.4 Å². The average Bonchev–Trinajstić information content (AvgIpc) is 3.14. The quantitative estimate of drug-likeness (QED) is 0.642. The van der Waals surface area contributed by atoms with E-state index >= 15 is 0 Å². The van der Waals surface area contributed by atoms with Crippen LogP contribution in [0.15, 0.2) is 42.6 Å². The van der Waals surface area contributed by atoms with E-state index in [4.69, 9.17) is 0 Å². The minimum atomic E-state index is -5.18. The number of nitrogens with zero attached hydrogens (tertiary/aromatic N) is 2. The lowest BCUT2D eigenvalue weighted by Crippen LogP contribution is -2.37. The molecule has 0 radical (unpaired) electrons. The summed E-state index contributed by atoms with van der Waals surface area (Å²) in [5, 5.41) is 2.63. The van der Waals surface area contributed by atoms with E-state index in [2.05, 4.69) is 15.1 Å². The molecule has 0 spiro atoms. The van der Waals surface area contributed by atoms with Gasteiger partial charge in [-0.15, -0.1) is 0 Å². The first kappa shape index (κ1) is 22.3.